The van der Waals surface area contributed by atoms with Crippen molar-refractivity contribution in [1.82, 2.24) is 24.6 Å². The maximum atomic E-state index is 12.9. The Morgan fingerprint density at radius 1 is 1.03 bits per heavy atom. The molecule has 1 saturated carbocycles. The molecule has 1 aliphatic rings. The molecule has 6 rings (SSSR count). The highest BCUT2D eigenvalue weighted by Crippen LogP contribution is 2.36. The van der Waals surface area contributed by atoms with Gasteiger partial charge in [-0.2, -0.15) is 9.61 Å². The van der Waals surface area contributed by atoms with Crippen LogP contribution in [0.4, 0.5) is 5.82 Å². The molecule has 4 atom stereocenters. The van der Waals surface area contributed by atoms with Crippen LogP contribution in [0, 0.1) is 11.8 Å². The normalized spacial score (nSPS) is 20.7. The number of carbonyl (C=O) groups is 1. The first-order valence-electron chi connectivity index (χ1n) is 13.0. The molecule has 2 aromatic carbocycles. The number of aliphatic hydroxyl groups excluding tert-OH is 1. The fourth-order valence-corrected chi connectivity index (χ4v) is 5.20. The minimum Gasteiger partial charge on any atom is -0.456 e. The van der Waals surface area contributed by atoms with E-state index in [1.165, 1.54) is 0 Å². The molecule has 196 valence electrons. The lowest BCUT2D eigenvalue weighted by atomic mass is 9.98. The van der Waals surface area contributed by atoms with Crippen molar-refractivity contribution in [3.8, 4) is 22.6 Å². The number of esters is 1. The number of anilines is 1. The molecule has 0 bridgehead atoms. The Balaban J connectivity index is 1.28. The number of fused-ring (bicyclic) bond motifs is 1. The van der Waals surface area contributed by atoms with Crippen LogP contribution in [0.2, 0.25) is 0 Å². The fourth-order valence-electron chi connectivity index (χ4n) is 5.20. The van der Waals surface area contributed by atoms with Gasteiger partial charge in [-0.1, -0.05) is 55.5 Å². The van der Waals surface area contributed by atoms with Gasteiger partial charge in [0, 0.05) is 30.4 Å². The third-order valence-electron chi connectivity index (χ3n) is 7.36. The zero-order valence-electron chi connectivity index (χ0n) is 21.4. The van der Waals surface area contributed by atoms with Crippen molar-refractivity contribution in [2.75, 3.05) is 11.9 Å². The number of hydrogen-bond donors (Lipinski definition) is 2. The molecule has 9 nitrogen and oxygen atoms in total. The van der Waals surface area contributed by atoms with Gasteiger partial charge in [0.2, 0.25) is 0 Å². The number of benzene rings is 2. The summed E-state index contributed by atoms with van der Waals surface area (Å²) in [4.78, 5) is 26.5. The molecule has 0 saturated heterocycles. The van der Waals surface area contributed by atoms with Crippen LogP contribution < -0.4 is 5.32 Å². The van der Waals surface area contributed by atoms with Crippen LogP contribution in [0.3, 0.4) is 0 Å². The topological polar surface area (TPSA) is 115 Å². The van der Waals surface area contributed by atoms with E-state index < -0.39 is 6.10 Å². The highest BCUT2D eigenvalue weighted by atomic mass is 16.5. The van der Waals surface area contributed by atoms with E-state index >= 15 is 0 Å². The maximum absolute atomic E-state index is 12.9. The van der Waals surface area contributed by atoms with Gasteiger partial charge in [0.1, 0.15) is 23.3 Å². The Bertz CT molecular complexity index is 1590. The van der Waals surface area contributed by atoms with Gasteiger partial charge >= 0.3 is 5.97 Å². The average Bonchev–Trinajstić information content (AvgIpc) is 3.56. The van der Waals surface area contributed by atoms with Crippen LogP contribution in [-0.2, 0) is 4.74 Å². The van der Waals surface area contributed by atoms with E-state index in [2.05, 4.69) is 15.3 Å². The lowest BCUT2D eigenvalue weighted by molar-refractivity contribution is 0.0154. The molecule has 0 aliphatic heterocycles. The van der Waals surface area contributed by atoms with E-state index in [-0.39, 0.29) is 30.5 Å². The minimum atomic E-state index is -0.429. The molecule has 0 radical (unpaired) electrons. The molecule has 0 amide bonds. The third-order valence-corrected chi connectivity index (χ3v) is 7.36. The van der Waals surface area contributed by atoms with Gasteiger partial charge in [0.05, 0.1) is 29.7 Å². The Kier molecular flexibility index (Phi) is 6.73. The molecule has 0 unspecified atom stereocenters. The minimum absolute atomic E-state index is 0.00224. The molecular weight excluding hydrogens is 492 g/mol. The predicted molar refractivity (Wildman–Crippen MR) is 147 cm³/mol. The van der Waals surface area contributed by atoms with Crippen molar-refractivity contribution >= 4 is 17.4 Å². The van der Waals surface area contributed by atoms with Gasteiger partial charge in [-0.25, -0.2) is 14.8 Å². The van der Waals surface area contributed by atoms with Crippen molar-refractivity contribution in [3.05, 3.63) is 97.0 Å². The average molecular weight is 521 g/mol. The zero-order chi connectivity index (χ0) is 26.8. The Morgan fingerprint density at radius 2 is 1.77 bits per heavy atom. The summed E-state index contributed by atoms with van der Waals surface area (Å²) in [5, 5.41) is 18.3. The molecule has 5 aromatic rings. The van der Waals surface area contributed by atoms with Gasteiger partial charge in [0.25, 0.3) is 0 Å². The Morgan fingerprint density at radius 3 is 2.54 bits per heavy atom. The summed E-state index contributed by atoms with van der Waals surface area (Å²) >= 11 is 0. The van der Waals surface area contributed by atoms with Gasteiger partial charge in [0.15, 0.2) is 5.65 Å². The highest BCUT2D eigenvalue weighted by Gasteiger charge is 2.43. The number of nitrogens with one attached hydrogen (secondary N) is 1. The van der Waals surface area contributed by atoms with E-state index in [0.717, 1.165) is 11.3 Å². The van der Waals surface area contributed by atoms with Crippen LogP contribution in [0.25, 0.3) is 28.3 Å². The van der Waals surface area contributed by atoms with Crippen LogP contribution >= 0.6 is 0 Å². The first kappa shape index (κ1) is 24.7. The van der Waals surface area contributed by atoms with Gasteiger partial charge in [-0.15, -0.1) is 0 Å². The van der Waals surface area contributed by atoms with Crippen molar-refractivity contribution in [3.63, 3.8) is 0 Å². The molecule has 1 aliphatic carbocycles. The lowest BCUT2D eigenvalue weighted by Gasteiger charge is -2.25. The second-order valence-electron chi connectivity index (χ2n) is 9.81. The van der Waals surface area contributed by atoms with E-state index in [0.29, 0.717) is 34.8 Å². The Labute approximate surface area is 225 Å². The number of nitrogens with zero attached hydrogens (tertiary/aromatic N) is 5. The molecular formula is C30H28N6O3. The van der Waals surface area contributed by atoms with Crippen molar-refractivity contribution < 1.29 is 14.6 Å². The number of rotatable bonds is 7. The van der Waals surface area contributed by atoms with E-state index in [4.69, 9.17) is 14.8 Å². The smallest absolute Gasteiger partial charge is 0.338 e. The van der Waals surface area contributed by atoms with Crippen molar-refractivity contribution in [2.45, 2.75) is 25.5 Å². The number of aromatic nitrogens is 5. The maximum Gasteiger partial charge on any atom is 0.338 e. The second-order valence-corrected chi connectivity index (χ2v) is 9.81. The first-order chi connectivity index (χ1) is 19.1. The largest absolute Gasteiger partial charge is 0.456 e. The fraction of sp³-hybridized carbons (Fsp3) is 0.233. The molecule has 1 fully saturated rings. The summed E-state index contributed by atoms with van der Waals surface area (Å²) in [6.07, 6.45) is 5.34. The Hall–Kier alpha value is -4.63. The van der Waals surface area contributed by atoms with Crippen LogP contribution in [0.1, 0.15) is 23.7 Å². The predicted octanol–water partition coefficient (Wildman–Crippen LogP) is 4.51. The summed E-state index contributed by atoms with van der Waals surface area (Å²) in [6, 6.07) is 22.3. The van der Waals surface area contributed by atoms with E-state index in [9.17, 15) is 9.90 Å². The van der Waals surface area contributed by atoms with Crippen molar-refractivity contribution in [2.24, 2.45) is 11.8 Å². The zero-order valence-corrected chi connectivity index (χ0v) is 21.4. The molecule has 3 aromatic heterocycles. The van der Waals surface area contributed by atoms with Crippen molar-refractivity contribution in [1.29, 1.82) is 0 Å². The van der Waals surface area contributed by atoms with E-state index in [1.807, 2.05) is 67.6 Å². The van der Waals surface area contributed by atoms with Gasteiger partial charge < -0.3 is 15.2 Å². The number of hydrogen-bond acceptors (Lipinski definition) is 8. The first-order valence-corrected chi connectivity index (χ1v) is 13.0. The molecule has 2 N–H and O–H groups in total. The van der Waals surface area contributed by atoms with Crippen LogP contribution in [0.5, 0.6) is 0 Å². The summed E-state index contributed by atoms with van der Waals surface area (Å²) < 4.78 is 7.71. The lowest BCUT2D eigenvalue weighted by Crippen LogP contribution is -2.36. The summed E-state index contributed by atoms with van der Waals surface area (Å²) in [6.45, 7) is 2.03. The second kappa shape index (κ2) is 10.6. The molecule has 3 heterocycles. The summed E-state index contributed by atoms with van der Waals surface area (Å²) in [5.41, 5.74) is 4.15. The quantitative estimate of drug-likeness (QED) is 0.301. The summed E-state index contributed by atoms with van der Waals surface area (Å²) in [7, 11) is 0. The molecule has 39 heavy (non-hydrogen) atoms. The number of carbonyl (C=O) groups excluding carboxylic acids is 1. The van der Waals surface area contributed by atoms with Crippen LogP contribution in [0.15, 0.2) is 91.4 Å². The SMILES string of the molecule is C[C@@H]1[C@@H](CO)C[C@@H](Nc2ccnc3cc(-c4cncc(-c5ccccc5)n4)nn23)[C@@H]1OC(=O)c1ccccc1. The standard InChI is InChI=1S/C30H28N6O3/c1-19-22(18-37)14-24(29(19)39-30(38)21-10-6-3-7-11-21)34-27-12-13-32-28-15-23(35-36(27)28)26-17-31-16-25(33-26)20-8-4-2-5-9-20/h2-13,15-17,19,22,24,29,34,37H,14,18H2,1H3/t19-,22-,24-,29-/m1/s1. The monoisotopic (exact) mass is 520 g/mol. The summed E-state index contributed by atoms with van der Waals surface area (Å²) in [5.74, 6) is 0.296. The van der Waals surface area contributed by atoms with Gasteiger partial charge in [-0.05, 0) is 30.5 Å². The van der Waals surface area contributed by atoms with Gasteiger partial charge in [-0.3, -0.25) is 4.98 Å². The molecule has 9 heteroatoms. The highest BCUT2D eigenvalue weighted by molar-refractivity contribution is 5.89. The number of aliphatic hydroxyl groups is 1. The number of ether oxygens (including phenoxy) is 1. The third kappa shape index (κ3) is 4.96. The molecule has 0 spiro atoms. The van der Waals surface area contributed by atoms with E-state index in [1.54, 1.807) is 35.2 Å². The van der Waals surface area contributed by atoms with Crippen LogP contribution in [-0.4, -0.2) is 54.4 Å².